The van der Waals surface area contributed by atoms with Crippen LogP contribution < -0.4 is 21.3 Å². The lowest BCUT2D eigenvalue weighted by atomic mass is 10.1. The zero-order chi connectivity index (χ0) is 16.3. The summed E-state index contributed by atoms with van der Waals surface area (Å²) >= 11 is 0. The molecule has 0 aliphatic carbocycles. The summed E-state index contributed by atoms with van der Waals surface area (Å²) in [4.78, 5) is 26.7. The largest absolute Gasteiger partial charge is 0.497 e. The van der Waals surface area contributed by atoms with Crippen molar-refractivity contribution in [2.45, 2.75) is 32.9 Å². The van der Waals surface area contributed by atoms with Crippen molar-refractivity contribution >= 4 is 5.82 Å². The molecule has 0 spiro atoms. The Kier molecular flexibility index (Phi) is 4.70. The van der Waals surface area contributed by atoms with Gasteiger partial charge < -0.3 is 10.1 Å². The highest BCUT2D eigenvalue weighted by Crippen LogP contribution is 2.21. The van der Waals surface area contributed by atoms with Gasteiger partial charge in [0.05, 0.1) is 13.2 Å². The zero-order valence-electron chi connectivity index (χ0n) is 13.2. The van der Waals surface area contributed by atoms with E-state index in [4.69, 9.17) is 4.74 Å². The van der Waals surface area contributed by atoms with Crippen LogP contribution in [0.25, 0.3) is 0 Å². The Hall–Kier alpha value is -2.50. The first-order valence-corrected chi connectivity index (χ1v) is 7.18. The lowest BCUT2D eigenvalue weighted by Gasteiger charge is -2.17. The molecule has 2 rings (SSSR count). The van der Waals surface area contributed by atoms with Gasteiger partial charge in [-0.1, -0.05) is 12.1 Å². The number of nitrogens with one attached hydrogen (secondary N) is 2. The first-order valence-electron chi connectivity index (χ1n) is 7.18. The number of H-pyrrole nitrogens is 1. The van der Waals surface area contributed by atoms with Gasteiger partial charge in [0.1, 0.15) is 11.6 Å². The van der Waals surface area contributed by atoms with Crippen LogP contribution in [-0.4, -0.2) is 16.7 Å². The number of anilines is 1. The number of hydrogen-bond acceptors (Lipinski definition) is 4. The molecule has 1 atom stereocenters. The van der Waals surface area contributed by atoms with E-state index >= 15 is 0 Å². The molecule has 1 heterocycles. The number of aromatic nitrogens is 2. The van der Waals surface area contributed by atoms with Crippen LogP contribution in [0, 0.1) is 0 Å². The van der Waals surface area contributed by atoms with E-state index in [2.05, 4.69) is 10.3 Å². The van der Waals surface area contributed by atoms with E-state index in [1.54, 1.807) is 21.0 Å². The van der Waals surface area contributed by atoms with Crippen LogP contribution in [-0.2, 0) is 0 Å². The Labute approximate surface area is 128 Å². The molecule has 0 saturated carbocycles. The number of rotatable bonds is 5. The predicted octanol–water partition coefficient (Wildman–Crippen LogP) is 2.30. The second-order valence-corrected chi connectivity index (χ2v) is 5.43. The van der Waals surface area contributed by atoms with E-state index < -0.39 is 5.69 Å². The molecule has 0 amide bonds. The van der Waals surface area contributed by atoms with Gasteiger partial charge in [-0.15, -0.1) is 0 Å². The van der Waals surface area contributed by atoms with Crippen LogP contribution in [0.3, 0.4) is 0 Å². The van der Waals surface area contributed by atoms with Crippen molar-refractivity contribution < 1.29 is 4.74 Å². The molecule has 6 nitrogen and oxygen atoms in total. The van der Waals surface area contributed by atoms with Gasteiger partial charge >= 0.3 is 5.69 Å². The second kappa shape index (κ2) is 6.51. The fraction of sp³-hybridized carbons (Fsp3) is 0.375. The van der Waals surface area contributed by atoms with Crippen LogP contribution >= 0.6 is 0 Å². The minimum Gasteiger partial charge on any atom is -0.497 e. The first kappa shape index (κ1) is 15.9. The molecule has 1 aromatic heterocycles. The van der Waals surface area contributed by atoms with Crippen molar-refractivity contribution in [3.63, 3.8) is 0 Å². The summed E-state index contributed by atoms with van der Waals surface area (Å²) in [6.07, 6.45) is 0. The molecular weight excluding hydrogens is 282 g/mol. The molecule has 0 aliphatic heterocycles. The van der Waals surface area contributed by atoms with Crippen molar-refractivity contribution in [3.05, 3.63) is 56.7 Å². The van der Waals surface area contributed by atoms with E-state index in [1.807, 2.05) is 31.2 Å². The summed E-state index contributed by atoms with van der Waals surface area (Å²) in [6, 6.07) is 8.76. The SMILES string of the molecule is COc1cccc([C@H](C)Nc2cc(=O)n(C(C)C)c(=O)[nH]2)c1. The molecule has 0 radical (unpaired) electrons. The average molecular weight is 303 g/mol. The normalized spacial score (nSPS) is 12.2. The van der Waals surface area contributed by atoms with E-state index in [9.17, 15) is 9.59 Å². The topological polar surface area (TPSA) is 76.1 Å². The first-order chi connectivity index (χ1) is 10.4. The second-order valence-electron chi connectivity index (χ2n) is 5.43. The van der Waals surface area contributed by atoms with Gasteiger partial charge in [0.2, 0.25) is 0 Å². The quantitative estimate of drug-likeness (QED) is 0.888. The standard InChI is InChI=1S/C16H21N3O3/c1-10(2)19-15(20)9-14(18-16(19)21)17-11(3)12-6-5-7-13(8-12)22-4/h5-11,17H,1-4H3,(H,18,21)/t11-/m0/s1. The molecule has 6 heteroatoms. The van der Waals surface area contributed by atoms with Crippen LogP contribution in [0.1, 0.15) is 38.4 Å². The highest BCUT2D eigenvalue weighted by Gasteiger charge is 2.11. The molecule has 118 valence electrons. The maximum Gasteiger partial charge on any atom is 0.330 e. The maximum absolute atomic E-state index is 12.0. The molecule has 0 fully saturated rings. The van der Waals surface area contributed by atoms with Crippen LogP contribution in [0.5, 0.6) is 5.75 Å². The smallest absolute Gasteiger partial charge is 0.330 e. The average Bonchev–Trinajstić information content (AvgIpc) is 2.46. The Balaban J connectivity index is 2.27. The summed E-state index contributed by atoms with van der Waals surface area (Å²) in [5.74, 6) is 1.16. The summed E-state index contributed by atoms with van der Waals surface area (Å²) in [5.41, 5.74) is 0.259. The number of ether oxygens (including phenoxy) is 1. The minimum atomic E-state index is -0.414. The Morgan fingerprint density at radius 1 is 1.18 bits per heavy atom. The monoisotopic (exact) mass is 303 g/mol. The fourth-order valence-electron chi connectivity index (χ4n) is 2.30. The lowest BCUT2D eigenvalue weighted by molar-refractivity contribution is 0.414. The Morgan fingerprint density at radius 2 is 1.91 bits per heavy atom. The third-order valence-electron chi connectivity index (χ3n) is 3.45. The highest BCUT2D eigenvalue weighted by molar-refractivity contribution is 5.39. The van der Waals surface area contributed by atoms with Gasteiger partial charge in [-0.05, 0) is 38.5 Å². The molecule has 2 N–H and O–H groups in total. The van der Waals surface area contributed by atoms with E-state index in [0.717, 1.165) is 11.3 Å². The predicted molar refractivity (Wildman–Crippen MR) is 86.7 cm³/mol. The lowest BCUT2D eigenvalue weighted by Crippen LogP contribution is -2.36. The van der Waals surface area contributed by atoms with Gasteiger partial charge in [-0.2, -0.15) is 0 Å². The minimum absolute atomic E-state index is 0.0833. The highest BCUT2D eigenvalue weighted by atomic mass is 16.5. The molecule has 2 aromatic rings. The van der Waals surface area contributed by atoms with Gasteiger partial charge in [-0.3, -0.25) is 14.3 Å². The van der Waals surface area contributed by atoms with Crippen molar-refractivity contribution in [1.29, 1.82) is 0 Å². The van der Waals surface area contributed by atoms with E-state index in [-0.39, 0.29) is 17.6 Å². The summed E-state index contributed by atoms with van der Waals surface area (Å²) < 4.78 is 6.38. The summed E-state index contributed by atoms with van der Waals surface area (Å²) in [6.45, 7) is 5.53. The van der Waals surface area contributed by atoms with E-state index in [0.29, 0.717) is 5.82 Å². The van der Waals surface area contributed by atoms with Gasteiger partial charge in [0.15, 0.2) is 0 Å². The van der Waals surface area contributed by atoms with Crippen LogP contribution in [0.2, 0.25) is 0 Å². The Bertz CT molecular complexity index is 730. The molecule has 0 saturated heterocycles. The Morgan fingerprint density at radius 3 is 2.50 bits per heavy atom. The summed E-state index contributed by atoms with van der Waals surface area (Å²) in [5, 5.41) is 3.13. The molecular formula is C16H21N3O3. The van der Waals surface area contributed by atoms with Crippen LogP contribution in [0.4, 0.5) is 5.82 Å². The molecule has 0 unspecified atom stereocenters. The number of nitrogens with zero attached hydrogens (tertiary/aromatic N) is 1. The maximum atomic E-state index is 12.0. The number of benzene rings is 1. The molecule has 0 bridgehead atoms. The van der Waals surface area contributed by atoms with Crippen LogP contribution in [0.15, 0.2) is 39.9 Å². The zero-order valence-corrected chi connectivity index (χ0v) is 13.2. The fourth-order valence-corrected chi connectivity index (χ4v) is 2.30. The number of methoxy groups -OCH3 is 1. The third kappa shape index (κ3) is 3.39. The van der Waals surface area contributed by atoms with Crippen molar-refractivity contribution in [3.8, 4) is 5.75 Å². The van der Waals surface area contributed by atoms with Gasteiger partial charge in [0.25, 0.3) is 5.56 Å². The van der Waals surface area contributed by atoms with Crippen molar-refractivity contribution in [2.24, 2.45) is 0 Å². The summed E-state index contributed by atoms with van der Waals surface area (Å²) in [7, 11) is 1.61. The van der Waals surface area contributed by atoms with Gasteiger partial charge in [-0.25, -0.2) is 4.79 Å². The molecule has 22 heavy (non-hydrogen) atoms. The van der Waals surface area contributed by atoms with Crippen molar-refractivity contribution in [2.75, 3.05) is 12.4 Å². The number of hydrogen-bond donors (Lipinski definition) is 2. The molecule has 0 aliphatic rings. The molecule has 1 aromatic carbocycles. The van der Waals surface area contributed by atoms with E-state index in [1.165, 1.54) is 10.6 Å². The van der Waals surface area contributed by atoms with Crippen molar-refractivity contribution in [1.82, 2.24) is 9.55 Å². The third-order valence-corrected chi connectivity index (χ3v) is 3.45. The number of aromatic amines is 1. The van der Waals surface area contributed by atoms with Gasteiger partial charge in [0, 0.05) is 12.1 Å².